The van der Waals surface area contributed by atoms with Gasteiger partial charge in [0.15, 0.2) is 0 Å². The number of nitrogens with two attached hydrogens (primary N) is 1. The molecule has 0 amide bonds. The number of anilines is 1. The maximum absolute atomic E-state index is 6.11. The van der Waals surface area contributed by atoms with Crippen molar-refractivity contribution in [2.45, 2.75) is 32.2 Å². The van der Waals surface area contributed by atoms with Crippen LogP contribution in [0.2, 0.25) is 0 Å². The fourth-order valence-electron chi connectivity index (χ4n) is 2.86. The fourth-order valence-corrected chi connectivity index (χ4v) is 4.19. The summed E-state index contributed by atoms with van der Waals surface area (Å²) < 4.78 is 0. The second kappa shape index (κ2) is 7.81. The van der Waals surface area contributed by atoms with Crippen molar-refractivity contribution in [1.29, 1.82) is 0 Å². The lowest BCUT2D eigenvalue weighted by Gasteiger charge is -2.36. The Bertz CT molecular complexity index is 349. The van der Waals surface area contributed by atoms with Gasteiger partial charge in [0.1, 0.15) is 0 Å². The summed E-state index contributed by atoms with van der Waals surface area (Å²) in [6.07, 6.45) is 3.80. The average Bonchev–Trinajstić information content (AvgIpc) is 2.98. The predicted molar refractivity (Wildman–Crippen MR) is 87.0 cm³/mol. The summed E-state index contributed by atoms with van der Waals surface area (Å²) in [7, 11) is 0. The molecule has 0 aromatic heterocycles. The van der Waals surface area contributed by atoms with Crippen LogP contribution in [0, 0.1) is 5.92 Å². The van der Waals surface area contributed by atoms with Gasteiger partial charge in [-0.2, -0.15) is 11.8 Å². The molecule has 1 fully saturated rings. The summed E-state index contributed by atoms with van der Waals surface area (Å²) in [6, 6.07) is 11.3. The van der Waals surface area contributed by atoms with Crippen molar-refractivity contribution in [2.75, 3.05) is 29.5 Å². The third-order valence-electron chi connectivity index (χ3n) is 3.99. The molecule has 1 aromatic rings. The van der Waals surface area contributed by atoms with Crippen LogP contribution < -0.4 is 10.6 Å². The molecule has 19 heavy (non-hydrogen) atoms. The molecule has 2 N–H and O–H groups in total. The highest BCUT2D eigenvalue weighted by Gasteiger charge is 2.29. The van der Waals surface area contributed by atoms with E-state index in [-0.39, 0.29) is 0 Å². The van der Waals surface area contributed by atoms with E-state index in [1.165, 1.54) is 36.5 Å². The molecule has 1 saturated heterocycles. The standard InChI is InChI=1S/C16H26N2S/c1-2-3-10-18(15-7-5-4-6-8-15)16(12-17)14-9-11-19-13-14/h4-8,14,16H,2-3,9-13,17H2,1H3. The maximum atomic E-state index is 6.11. The lowest BCUT2D eigenvalue weighted by atomic mass is 9.96. The topological polar surface area (TPSA) is 29.3 Å². The number of nitrogens with zero attached hydrogens (tertiary/aromatic N) is 1. The van der Waals surface area contributed by atoms with Crippen LogP contribution in [0.4, 0.5) is 5.69 Å². The normalized spacial score (nSPS) is 20.4. The average molecular weight is 278 g/mol. The largest absolute Gasteiger partial charge is 0.367 e. The van der Waals surface area contributed by atoms with Gasteiger partial charge in [0.2, 0.25) is 0 Å². The lowest BCUT2D eigenvalue weighted by molar-refractivity contribution is 0.434. The summed E-state index contributed by atoms with van der Waals surface area (Å²) >= 11 is 2.08. The van der Waals surface area contributed by atoms with Gasteiger partial charge in [0.05, 0.1) is 0 Å². The SMILES string of the molecule is CCCCN(c1ccccc1)C(CN)C1CCSC1. The molecule has 1 aromatic carbocycles. The van der Waals surface area contributed by atoms with Gasteiger partial charge in [-0.1, -0.05) is 31.5 Å². The van der Waals surface area contributed by atoms with Crippen molar-refractivity contribution in [3.05, 3.63) is 30.3 Å². The van der Waals surface area contributed by atoms with Crippen LogP contribution in [-0.2, 0) is 0 Å². The van der Waals surface area contributed by atoms with E-state index in [2.05, 4.69) is 53.9 Å². The van der Waals surface area contributed by atoms with Gasteiger partial charge in [-0.05, 0) is 42.4 Å². The Morgan fingerprint density at radius 1 is 1.37 bits per heavy atom. The quantitative estimate of drug-likeness (QED) is 0.829. The van der Waals surface area contributed by atoms with Crippen LogP contribution in [-0.4, -0.2) is 30.6 Å². The number of rotatable bonds is 7. The van der Waals surface area contributed by atoms with E-state index in [1.54, 1.807) is 0 Å². The molecule has 0 radical (unpaired) electrons. The van der Waals surface area contributed by atoms with E-state index in [9.17, 15) is 0 Å². The highest BCUT2D eigenvalue weighted by atomic mass is 32.2. The Labute approximate surface area is 121 Å². The van der Waals surface area contributed by atoms with E-state index in [0.717, 1.165) is 19.0 Å². The predicted octanol–water partition coefficient (Wildman–Crippen LogP) is 3.37. The lowest BCUT2D eigenvalue weighted by Crippen LogP contribution is -2.46. The molecule has 2 unspecified atom stereocenters. The van der Waals surface area contributed by atoms with Crippen molar-refractivity contribution in [3.8, 4) is 0 Å². The summed E-state index contributed by atoms with van der Waals surface area (Å²) in [5, 5.41) is 0. The van der Waals surface area contributed by atoms with Gasteiger partial charge in [-0.3, -0.25) is 0 Å². The van der Waals surface area contributed by atoms with Crippen molar-refractivity contribution in [3.63, 3.8) is 0 Å². The molecular formula is C16H26N2S. The zero-order valence-corrected chi connectivity index (χ0v) is 12.7. The Balaban J connectivity index is 2.14. The molecule has 0 aliphatic carbocycles. The summed E-state index contributed by atoms with van der Waals surface area (Å²) in [5.74, 6) is 3.33. The van der Waals surface area contributed by atoms with Crippen molar-refractivity contribution in [2.24, 2.45) is 11.7 Å². The van der Waals surface area contributed by atoms with Gasteiger partial charge in [-0.25, -0.2) is 0 Å². The number of unbranched alkanes of at least 4 members (excludes halogenated alkanes) is 1. The first-order chi connectivity index (χ1) is 9.36. The number of thioether (sulfide) groups is 1. The number of para-hydroxylation sites is 1. The zero-order chi connectivity index (χ0) is 13.5. The number of hydrogen-bond donors (Lipinski definition) is 1. The summed E-state index contributed by atoms with van der Waals surface area (Å²) in [4.78, 5) is 2.56. The van der Waals surface area contributed by atoms with Gasteiger partial charge in [0.25, 0.3) is 0 Å². The minimum Gasteiger partial charge on any atom is -0.367 e. The van der Waals surface area contributed by atoms with Crippen molar-refractivity contribution >= 4 is 17.4 Å². The maximum Gasteiger partial charge on any atom is 0.0448 e. The van der Waals surface area contributed by atoms with Gasteiger partial charge < -0.3 is 10.6 Å². The molecule has 0 spiro atoms. The zero-order valence-electron chi connectivity index (χ0n) is 11.9. The first-order valence-electron chi connectivity index (χ1n) is 7.46. The molecule has 2 rings (SSSR count). The van der Waals surface area contributed by atoms with Gasteiger partial charge >= 0.3 is 0 Å². The minimum atomic E-state index is 0.504. The van der Waals surface area contributed by atoms with Crippen LogP contribution in [0.15, 0.2) is 30.3 Å². The van der Waals surface area contributed by atoms with Crippen molar-refractivity contribution < 1.29 is 0 Å². The fraction of sp³-hybridized carbons (Fsp3) is 0.625. The second-order valence-electron chi connectivity index (χ2n) is 5.31. The number of benzene rings is 1. The molecule has 1 aliphatic rings. The van der Waals surface area contributed by atoms with Crippen LogP contribution >= 0.6 is 11.8 Å². The first kappa shape index (κ1) is 14.7. The third-order valence-corrected chi connectivity index (χ3v) is 5.18. The molecular weight excluding hydrogens is 252 g/mol. The van der Waals surface area contributed by atoms with Crippen LogP contribution in [0.5, 0.6) is 0 Å². The smallest absolute Gasteiger partial charge is 0.0448 e. The highest BCUT2D eigenvalue weighted by Crippen LogP contribution is 2.31. The van der Waals surface area contributed by atoms with E-state index >= 15 is 0 Å². The monoisotopic (exact) mass is 278 g/mol. The van der Waals surface area contributed by atoms with Gasteiger partial charge in [0, 0.05) is 24.8 Å². The van der Waals surface area contributed by atoms with Crippen LogP contribution in [0.3, 0.4) is 0 Å². The summed E-state index contributed by atoms with van der Waals surface area (Å²) in [5.41, 5.74) is 7.45. The van der Waals surface area contributed by atoms with Gasteiger partial charge in [-0.15, -0.1) is 0 Å². The summed E-state index contributed by atoms with van der Waals surface area (Å²) in [6.45, 7) is 4.15. The molecule has 2 nitrogen and oxygen atoms in total. The highest BCUT2D eigenvalue weighted by molar-refractivity contribution is 7.99. The first-order valence-corrected chi connectivity index (χ1v) is 8.61. The minimum absolute atomic E-state index is 0.504. The Kier molecular flexibility index (Phi) is 6.05. The number of hydrogen-bond acceptors (Lipinski definition) is 3. The Hall–Kier alpha value is -0.670. The van der Waals surface area contributed by atoms with Crippen molar-refractivity contribution in [1.82, 2.24) is 0 Å². The van der Waals surface area contributed by atoms with Crippen LogP contribution in [0.1, 0.15) is 26.2 Å². The molecule has 0 bridgehead atoms. The molecule has 2 atom stereocenters. The molecule has 1 aliphatic heterocycles. The van der Waals surface area contributed by atoms with E-state index in [0.29, 0.717) is 6.04 Å². The Morgan fingerprint density at radius 2 is 2.16 bits per heavy atom. The van der Waals surface area contributed by atoms with Crippen LogP contribution in [0.25, 0.3) is 0 Å². The molecule has 106 valence electrons. The third kappa shape index (κ3) is 3.90. The van der Waals surface area contributed by atoms with E-state index in [4.69, 9.17) is 5.73 Å². The van der Waals surface area contributed by atoms with E-state index in [1.807, 2.05) is 0 Å². The molecule has 0 saturated carbocycles. The molecule has 1 heterocycles. The molecule has 3 heteroatoms. The Morgan fingerprint density at radius 3 is 2.74 bits per heavy atom. The second-order valence-corrected chi connectivity index (χ2v) is 6.46. The van der Waals surface area contributed by atoms with E-state index < -0.39 is 0 Å².